The molecule has 0 aliphatic carbocycles. The van der Waals surface area contributed by atoms with Gasteiger partial charge in [-0.3, -0.25) is 4.99 Å². The lowest BCUT2D eigenvalue weighted by atomic mass is 9.78. The Morgan fingerprint density at radius 3 is 2.72 bits per heavy atom. The van der Waals surface area contributed by atoms with Crippen LogP contribution in [-0.2, 0) is 9.47 Å². The summed E-state index contributed by atoms with van der Waals surface area (Å²) in [6.45, 7) is 12.7. The molecule has 0 aromatic rings. The molecule has 0 amide bonds. The number of rotatable bonds is 2. The number of hydrogen-bond donors (Lipinski definition) is 1. The third kappa shape index (κ3) is 5.01. The first kappa shape index (κ1) is 21.2. The fourth-order valence-corrected chi connectivity index (χ4v) is 4.65. The molecule has 1 spiro atoms. The smallest absolute Gasteiger partial charge is 0.193 e. The maximum Gasteiger partial charge on any atom is 0.193 e. The van der Waals surface area contributed by atoms with Gasteiger partial charge >= 0.3 is 0 Å². The zero-order valence-corrected chi connectivity index (χ0v) is 18.7. The highest BCUT2D eigenvalue weighted by molar-refractivity contribution is 14.0. The summed E-state index contributed by atoms with van der Waals surface area (Å²) in [6.07, 6.45) is 5.16. The molecule has 0 bridgehead atoms. The Balaban J connectivity index is 0.00000225. The van der Waals surface area contributed by atoms with Gasteiger partial charge in [0.1, 0.15) is 0 Å². The highest BCUT2D eigenvalue weighted by Crippen LogP contribution is 2.38. The minimum Gasteiger partial charge on any atom is -0.381 e. The van der Waals surface area contributed by atoms with Crippen LogP contribution in [0.1, 0.15) is 46.5 Å². The maximum atomic E-state index is 6.11. The van der Waals surface area contributed by atoms with Gasteiger partial charge in [-0.25, -0.2) is 0 Å². The van der Waals surface area contributed by atoms with Gasteiger partial charge in [0.05, 0.1) is 12.7 Å². The predicted octanol–water partition coefficient (Wildman–Crippen LogP) is 3.13. The van der Waals surface area contributed by atoms with E-state index in [0.29, 0.717) is 17.4 Å². The molecule has 6 heteroatoms. The molecule has 146 valence electrons. The molecule has 3 unspecified atom stereocenters. The van der Waals surface area contributed by atoms with Crippen molar-refractivity contribution in [3.63, 3.8) is 0 Å². The number of aliphatic imine (C=N–C) groups is 1. The summed E-state index contributed by atoms with van der Waals surface area (Å²) in [4.78, 5) is 6.97. The molecule has 3 aliphatic rings. The van der Waals surface area contributed by atoms with Crippen LogP contribution in [-0.4, -0.2) is 63.5 Å². The van der Waals surface area contributed by atoms with Crippen molar-refractivity contribution in [1.29, 1.82) is 0 Å². The molecule has 3 fully saturated rings. The van der Waals surface area contributed by atoms with Gasteiger partial charge in [-0.1, -0.05) is 20.8 Å². The number of halogens is 1. The minimum absolute atomic E-state index is 0. The van der Waals surface area contributed by atoms with Gasteiger partial charge in [0.15, 0.2) is 5.96 Å². The van der Waals surface area contributed by atoms with Crippen LogP contribution in [0.25, 0.3) is 0 Å². The number of hydrogen-bond acceptors (Lipinski definition) is 3. The lowest BCUT2D eigenvalue weighted by Crippen LogP contribution is -2.48. The number of nitrogens with one attached hydrogen (secondary N) is 1. The van der Waals surface area contributed by atoms with Gasteiger partial charge < -0.3 is 19.7 Å². The van der Waals surface area contributed by atoms with Crippen LogP contribution in [0, 0.1) is 16.7 Å². The Morgan fingerprint density at radius 2 is 2.08 bits per heavy atom. The van der Waals surface area contributed by atoms with Crippen molar-refractivity contribution in [1.82, 2.24) is 10.2 Å². The molecule has 0 aromatic heterocycles. The SMILES string of the molecule is CN=C(NCC1CCCOC1C(C)(C)C)N1CCC2(CCOC2)C1.I. The Bertz CT molecular complexity index is 458. The van der Waals surface area contributed by atoms with E-state index in [2.05, 4.69) is 36.0 Å². The molecule has 0 radical (unpaired) electrons. The lowest BCUT2D eigenvalue weighted by Gasteiger charge is -2.40. The largest absolute Gasteiger partial charge is 0.381 e. The van der Waals surface area contributed by atoms with Crippen molar-refractivity contribution in [2.45, 2.75) is 52.6 Å². The summed E-state index contributed by atoms with van der Waals surface area (Å²) in [6, 6.07) is 0. The normalized spacial score (nSPS) is 33.6. The molecule has 25 heavy (non-hydrogen) atoms. The van der Waals surface area contributed by atoms with E-state index < -0.39 is 0 Å². The van der Waals surface area contributed by atoms with E-state index in [1.165, 1.54) is 25.7 Å². The summed E-state index contributed by atoms with van der Waals surface area (Å²) in [5.74, 6) is 1.61. The quantitative estimate of drug-likeness (QED) is 0.387. The van der Waals surface area contributed by atoms with Crippen LogP contribution < -0.4 is 5.32 Å². The third-order valence-electron chi connectivity index (χ3n) is 5.96. The topological polar surface area (TPSA) is 46.1 Å². The van der Waals surface area contributed by atoms with Crippen molar-refractivity contribution in [3.8, 4) is 0 Å². The average molecular weight is 465 g/mol. The van der Waals surface area contributed by atoms with Gasteiger partial charge in [-0.05, 0) is 31.1 Å². The Morgan fingerprint density at radius 1 is 1.28 bits per heavy atom. The van der Waals surface area contributed by atoms with Crippen LogP contribution in [0.4, 0.5) is 0 Å². The summed E-state index contributed by atoms with van der Waals surface area (Å²) < 4.78 is 11.8. The molecule has 3 aliphatic heterocycles. The maximum absolute atomic E-state index is 6.11. The average Bonchev–Trinajstić information content (AvgIpc) is 3.18. The molecular weight excluding hydrogens is 429 g/mol. The van der Waals surface area contributed by atoms with E-state index in [9.17, 15) is 0 Å². The molecule has 3 atom stereocenters. The Hall–Kier alpha value is -0.0800. The zero-order valence-electron chi connectivity index (χ0n) is 16.3. The summed E-state index contributed by atoms with van der Waals surface area (Å²) in [5, 5.41) is 3.64. The van der Waals surface area contributed by atoms with Gasteiger partial charge in [-0.2, -0.15) is 0 Å². The van der Waals surface area contributed by atoms with Crippen LogP contribution in [0.3, 0.4) is 0 Å². The van der Waals surface area contributed by atoms with E-state index in [1.54, 1.807) is 0 Å². The second-order valence-electron chi connectivity index (χ2n) is 8.96. The summed E-state index contributed by atoms with van der Waals surface area (Å²) in [7, 11) is 1.90. The fourth-order valence-electron chi connectivity index (χ4n) is 4.65. The van der Waals surface area contributed by atoms with Crippen LogP contribution >= 0.6 is 24.0 Å². The van der Waals surface area contributed by atoms with Gasteiger partial charge in [-0.15, -0.1) is 24.0 Å². The minimum atomic E-state index is 0. The molecule has 0 saturated carbocycles. The van der Waals surface area contributed by atoms with Gasteiger partial charge in [0, 0.05) is 51.2 Å². The van der Waals surface area contributed by atoms with Gasteiger partial charge in [0.2, 0.25) is 0 Å². The summed E-state index contributed by atoms with van der Waals surface area (Å²) >= 11 is 0. The second kappa shape index (κ2) is 8.74. The van der Waals surface area contributed by atoms with Crippen LogP contribution in [0.15, 0.2) is 4.99 Å². The number of nitrogens with zero attached hydrogens (tertiary/aromatic N) is 2. The summed E-state index contributed by atoms with van der Waals surface area (Å²) in [5.41, 5.74) is 0.564. The first-order valence-corrected chi connectivity index (χ1v) is 9.58. The molecule has 3 saturated heterocycles. The Labute approximate surface area is 170 Å². The monoisotopic (exact) mass is 465 g/mol. The molecule has 3 rings (SSSR count). The Kier molecular flexibility index (Phi) is 7.42. The van der Waals surface area contributed by atoms with Crippen molar-refractivity contribution >= 4 is 29.9 Å². The fraction of sp³-hybridized carbons (Fsp3) is 0.947. The van der Waals surface area contributed by atoms with E-state index in [4.69, 9.17) is 9.47 Å². The molecule has 5 nitrogen and oxygen atoms in total. The second-order valence-corrected chi connectivity index (χ2v) is 8.96. The first-order valence-electron chi connectivity index (χ1n) is 9.58. The van der Waals surface area contributed by atoms with Crippen molar-refractivity contribution in [2.24, 2.45) is 21.7 Å². The molecule has 3 heterocycles. The highest BCUT2D eigenvalue weighted by atomic mass is 127. The van der Waals surface area contributed by atoms with E-state index in [0.717, 1.165) is 45.4 Å². The number of ether oxygens (including phenoxy) is 2. The number of guanidine groups is 1. The lowest BCUT2D eigenvalue weighted by molar-refractivity contribution is -0.0836. The molecule has 0 aromatic carbocycles. The number of likely N-dealkylation sites (tertiary alicyclic amines) is 1. The van der Waals surface area contributed by atoms with Crippen LogP contribution in [0.5, 0.6) is 0 Å². The predicted molar refractivity (Wildman–Crippen MR) is 113 cm³/mol. The zero-order chi connectivity index (χ0) is 17.2. The van der Waals surface area contributed by atoms with Crippen molar-refractivity contribution in [2.75, 3.05) is 46.5 Å². The molecular formula is C19H36IN3O2. The third-order valence-corrected chi connectivity index (χ3v) is 5.96. The first-order chi connectivity index (χ1) is 11.4. The molecule has 1 N–H and O–H groups in total. The highest BCUT2D eigenvalue weighted by Gasteiger charge is 2.42. The van der Waals surface area contributed by atoms with E-state index >= 15 is 0 Å². The van der Waals surface area contributed by atoms with E-state index in [1.807, 2.05) is 7.05 Å². The standard InChI is InChI=1S/C19H35N3O2.HI/c1-18(2,3)16-15(6-5-10-24-16)12-21-17(20-4)22-9-7-19(13-22)8-11-23-14-19;/h15-16H,5-14H2,1-4H3,(H,20,21);1H. The van der Waals surface area contributed by atoms with Gasteiger partial charge in [0.25, 0.3) is 0 Å². The van der Waals surface area contributed by atoms with Crippen LogP contribution in [0.2, 0.25) is 0 Å². The van der Waals surface area contributed by atoms with Crippen molar-refractivity contribution < 1.29 is 9.47 Å². The van der Waals surface area contributed by atoms with E-state index in [-0.39, 0.29) is 29.4 Å². The van der Waals surface area contributed by atoms with Crippen molar-refractivity contribution in [3.05, 3.63) is 0 Å².